The van der Waals surface area contributed by atoms with E-state index in [0.29, 0.717) is 17.6 Å². The maximum Gasteiger partial charge on any atom is 0.119 e. The van der Waals surface area contributed by atoms with Crippen LogP contribution in [0.3, 0.4) is 0 Å². The number of hydrogen-bond donors (Lipinski definition) is 1. The first-order valence-corrected chi connectivity index (χ1v) is 7.44. The molecule has 2 heteroatoms. The second-order valence-electron chi connectivity index (χ2n) is 6.56. The van der Waals surface area contributed by atoms with E-state index in [0.717, 1.165) is 5.75 Å². The standard InChI is InChI=1S/C17H27NO/c1-13(18-4)14-5-7-15(8-6-14)19-16-9-11-17(2,3)12-10-16/h5-8,13,16,18H,9-12H2,1-4H3. The van der Waals surface area contributed by atoms with Crippen molar-refractivity contribution >= 4 is 0 Å². The summed E-state index contributed by atoms with van der Waals surface area (Å²) in [5.41, 5.74) is 1.81. The summed E-state index contributed by atoms with van der Waals surface area (Å²) in [5.74, 6) is 1.01. The molecule has 0 amide bonds. The first-order valence-electron chi connectivity index (χ1n) is 7.44. The third-order valence-corrected chi connectivity index (χ3v) is 4.40. The van der Waals surface area contributed by atoms with E-state index < -0.39 is 0 Å². The van der Waals surface area contributed by atoms with E-state index in [1.807, 2.05) is 7.05 Å². The van der Waals surface area contributed by atoms with E-state index in [-0.39, 0.29) is 0 Å². The highest BCUT2D eigenvalue weighted by Gasteiger charge is 2.27. The summed E-state index contributed by atoms with van der Waals surface area (Å²) >= 11 is 0. The van der Waals surface area contributed by atoms with Crippen LogP contribution < -0.4 is 10.1 Å². The second-order valence-corrected chi connectivity index (χ2v) is 6.56. The lowest BCUT2D eigenvalue weighted by atomic mass is 9.76. The molecule has 1 aliphatic carbocycles. The molecule has 19 heavy (non-hydrogen) atoms. The number of nitrogens with one attached hydrogen (secondary N) is 1. The average Bonchev–Trinajstić information content (AvgIpc) is 2.41. The smallest absolute Gasteiger partial charge is 0.119 e. The van der Waals surface area contributed by atoms with Gasteiger partial charge in [-0.15, -0.1) is 0 Å². The molecule has 1 unspecified atom stereocenters. The van der Waals surface area contributed by atoms with Gasteiger partial charge in [0.25, 0.3) is 0 Å². The van der Waals surface area contributed by atoms with Crippen LogP contribution in [0.2, 0.25) is 0 Å². The SMILES string of the molecule is CNC(C)c1ccc(OC2CCC(C)(C)CC2)cc1. The molecular weight excluding hydrogens is 234 g/mol. The summed E-state index contributed by atoms with van der Waals surface area (Å²) in [5, 5.41) is 3.25. The Balaban J connectivity index is 1.90. The van der Waals surface area contributed by atoms with E-state index >= 15 is 0 Å². The van der Waals surface area contributed by atoms with Gasteiger partial charge in [0.1, 0.15) is 5.75 Å². The third kappa shape index (κ3) is 3.97. The van der Waals surface area contributed by atoms with Gasteiger partial charge in [-0.1, -0.05) is 26.0 Å². The number of hydrogen-bond acceptors (Lipinski definition) is 2. The third-order valence-electron chi connectivity index (χ3n) is 4.40. The Morgan fingerprint density at radius 2 is 1.74 bits per heavy atom. The molecule has 1 aliphatic rings. The molecule has 1 atom stereocenters. The quantitative estimate of drug-likeness (QED) is 0.871. The summed E-state index contributed by atoms with van der Waals surface area (Å²) in [7, 11) is 1.98. The van der Waals surface area contributed by atoms with Crippen LogP contribution in [0, 0.1) is 5.41 Å². The van der Waals surface area contributed by atoms with E-state index in [2.05, 4.69) is 50.4 Å². The van der Waals surface area contributed by atoms with Crippen molar-refractivity contribution < 1.29 is 4.74 Å². The lowest BCUT2D eigenvalue weighted by Gasteiger charge is -2.34. The van der Waals surface area contributed by atoms with Crippen LogP contribution in [0.5, 0.6) is 5.75 Å². The predicted molar refractivity (Wildman–Crippen MR) is 80.6 cm³/mol. The molecule has 2 rings (SSSR count). The Morgan fingerprint density at radius 3 is 2.26 bits per heavy atom. The summed E-state index contributed by atoms with van der Waals surface area (Å²) < 4.78 is 6.10. The number of rotatable bonds is 4. The number of benzene rings is 1. The molecule has 1 fully saturated rings. The van der Waals surface area contributed by atoms with Crippen LogP contribution in [0.4, 0.5) is 0 Å². The van der Waals surface area contributed by atoms with E-state index in [1.54, 1.807) is 0 Å². The molecule has 2 nitrogen and oxygen atoms in total. The molecule has 0 heterocycles. The second kappa shape index (κ2) is 5.96. The van der Waals surface area contributed by atoms with Gasteiger partial charge in [0.15, 0.2) is 0 Å². The molecule has 0 aliphatic heterocycles. The Labute approximate surface area is 117 Å². The van der Waals surface area contributed by atoms with Gasteiger partial charge in [-0.05, 0) is 62.8 Å². The highest BCUT2D eigenvalue weighted by atomic mass is 16.5. The minimum Gasteiger partial charge on any atom is -0.490 e. The summed E-state index contributed by atoms with van der Waals surface area (Å²) in [4.78, 5) is 0. The fraction of sp³-hybridized carbons (Fsp3) is 0.647. The van der Waals surface area contributed by atoms with Crippen molar-refractivity contribution in [1.82, 2.24) is 5.32 Å². The average molecular weight is 261 g/mol. The molecule has 0 saturated heterocycles. The van der Waals surface area contributed by atoms with Gasteiger partial charge in [-0.25, -0.2) is 0 Å². The molecule has 1 N–H and O–H groups in total. The van der Waals surface area contributed by atoms with E-state index in [4.69, 9.17) is 4.74 Å². The van der Waals surface area contributed by atoms with Crippen molar-refractivity contribution in [3.05, 3.63) is 29.8 Å². The first-order chi connectivity index (χ1) is 9.00. The maximum absolute atomic E-state index is 6.10. The fourth-order valence-corrected chi connectivity index (χ4v) is 2.68. The highest BCUT2D eigenvalue weighted by molar-refractivity contribution is 5.29. The lowest BCUT2D eigenvalue weighted by molar-refractivity contribution is 0.0987. The molecule has 106 valence electrons. The lowest BCUT2D eigenvalue weighted by Crippen LogP contribution is -2.28. The molecule has 0 aromatic heterocycles. The van der Waals surface area contributed by atoms with Crippen LogP contribution in [0.1, 0.15) is 58.1 Å². The Hall–Kier alpha value is -1.02. The zero-order valence-electron chi connectivity index (χ0n) is 12.7. The number of ether oxygens (including phenoxy) is 1. The van der Waals surface area contributed by atoms with E-state index in [9.17, 15) is 0 Å². The molecule has 1 aromatic carbocycles. The summed E-state index contributed by atoms with van der Waals surface area (Å²) in [6, 6.07) is 8.91. The molecular formula is C17H27NO. The Morgan fingerprint density at radius 1 is 1.16 bits per heavy atom. The van der Waals surface area contributed by atoms with Gasteiger partial charge in [0, 0.05) is 6.04 Å². The molecule has 0 radical (unpaired) electrons. The van der Waals surface area contributed by atoms with Gasteiger partial charge in [0.2, 0.25) is 0 Å². The molecule has 1 aromatic rings. The normalized spacial score (nSPS) is 21.1. The molecule has 0 spiro atoms. The van der Waals surface area contributed by atoms with Crippen molar-refractivity contribution in [3.8, 4) is 5.75 Å². The highest BCUT2D eigenvalue weighted by Crippen LogP contribution is 2.36. The Kier molecular flexibility index (Phi) is 4.51. The minimum absolute atomic E-state index is 0.393. The van der Waals surface area contributed by atoms with Gasteiger partial charge in [-0.3, -0.25) is 0 Å². The molecule has 0 bridgehead atoms. The topological polar surface area (TPSA) is 21.3 Å². The predicted octanol–water partition coefficient (Wildman–Crippen LogP) is 4.31. The van der Waals surface area contributed by atoms with Crippen molar-refractivity contribution in [2.45, 2.75) is 58.6 Å². The fourth-order valence-electron chi connectivity index (χ4n) is 2.68. The largest absolute Gasteiger partial charge is 0.490 e. The van der Waals surface area contributed by atoms with Crippen molar-refractivity contribution in [2.24, 2.45) is 5.41 Å². The van der Waals surface area contributed by atoms with Crippen molar-refractivity contribution in [3.63, 3.8) is 0 Å². The van der Waals surface area contributed by atoms with Gasteiger partial charge < -0.3 is 10.1 Å². The van der Waals surface area contributed by atoms with Gasteiger partial charge >= 0.3 is 0 Å². The van der Waals surface area contributed by atoms with Crippen molar-refractivity contribution in [1.29, 1.82) is 0 Å². The van der Waals surface area contributed by atoms with Gasteiger partial charge in [-0.2, -0.15) is 0 Å². The molecule has 1 saturated carbocycles. The zero-order valence-corrected chi connectivity index (χ0v) is 12.7. The maximum atomic E-state index is 6.10. The monoisotopic (exact) mass is 261 g/mol. The summed E-state index contributed by atoms with van der Waals surface area (Å²) in [6.07, 6.45) is 5.31. The zero-order chi connectivity index (χ0) is 13.9. The van der Waals surface area contributed by atoms with Gasteiger partial charge in [0.05, 0.1) is 6.10 Å². The van der Waals surface area contributed by atoms with Crippen LogP contribution >= 0.6 is 0 Å². The first kappa shape index (κ1) is 14.4. The van der Waals surface area contributed by atoms with Crippen LogP contribution in [0.25, 0.3) is 0 Å². The van der Waals surface area contributed by atoms with Crippen LogP contribution in [-0.4, -0.2) is 13.2 Å². The van der Waals surface area contributed by atoms with Crippen LogP contribution in [-0.2, 0) is 0 Å². The van der Waals surface area contributed by atoms with E-state index in [1.165, 1.54) is 31.2 Å². The summed E-state index contributed by atoms with van der Waals surface area (Å²) in [6.45, 7) is 6.88. The minimum atomic E-state index is 0.393. The van der Waals surface area contributed by atoms with Crippen LogP contribution in [0.15, 0.2) is 24.3 Å². The Bertz CT molecular complexity index is 386. The van der Waals surface area contributed by atoms with Crippen molar-refractivity contribution in [2.75, 3.05) is 7.05 Å².